The summed E-state index contributed by atoms with van der Waals surface area (Å²) in [5.74, 6) is 1.60. The van der Waals surface area contributed by atoms with Crippen molar-refractivity contribution in [1.29, 1.82) is 0 Å². The summed E-state index contributed by atoms with van der Waals surface area (Å²) in [5, 5.41) is 13.3. The van der Waals surface area contributed by atoms with Gasteiger partial charge < -0.3 is 15.2 Å². The number of benzene rings is 2. The number of nitrogens with one attached hydrogen (secondary N) is 1. The molecule has 2 atom stereocenters. The first-order valence-electron chi connectivity index (χ1n) is 7.09. The van der Waals surface area contributed by atoms with Crippen LogP contribution >= 0.6 is 0 Å². The van der Waals surface area contributed by atoms with Crippen molar-refractivity contribution in [3.05, 3.63) is 54.6 Å². The van der Waals surface area contributed by atoms with Gasteiger partial charge in [0.15, 0.2) is 5.75 Å². The van der Waals surface area contributed by atoms with E-state index in [-0.39, 0.29) is 12.1 Å². The van der Waals surface area contributed by atoms with Crippen LogP contribution in [-0.2, 0) is 0 Å². The first kappa shape index (κ1) is 13.0. The lowest BCUT2D eigenvalue weighted by atomic mass is 10.2. The fourth-order valence-corrected chi connectivity index (χ4v) is 2.60. The molecule has 2 aromatic carbocycles. The lowest BCUT2D eigenvalue weighted by Crippen LogP contribution is -2.28. The van der Waals surface area contributed by atoms with E-state index in [0.29, 0.717) is 0 Å². The highest BCUT2D eigenvalue weighted by Crippen LogP contribution is 2.32. The van der Waals surface area contributed by atoms with Gasteiger partial charge in [-0.15, -0.1) is 0 Å². The van der Waals surface area contributed by atoms with Gasteiger partial charge >= 0.3 is 0 Å². The van der Waals surface area contributed by atoms with Crippen molar-refractivity contribution in [3.63, 3.8) is 0 Å². The van der Waals surface area contributed by atoms with Crippen molar-refractivity contribution in [2.45, 2.75) is 31.4 Å². The highest BCUT2D eigenvalue weighted by Gasteiger charge is 2.25. The third-order valence-corrected chi connectivity index (χ3v) is 3.68. The van der Waals surface area contributed by atoms with Crippen LogP contribution < -0.4 is 10.1 Å². The predicted octanol–water partition coefficient (Wildman–Crippen LogP) is 3.80. The largest absolute Gasteiger partial charge is 0.455 e. The Bertz CT molecular complexity index is 556. The zero-order valence-electron chi connectivity index (χ0n) is 11.3. The van der Waals surface area contributed by atoms with Gasteiger partial charge in [0.1, 0.15) is 5.75 Å². The van der Waals surface area contributed by atoms with E-state index in [4.69, 9.17) is 4.74 Å². The van der Waals surface area contributed by atoms with E-state index in [0.717, 1.165) is 36.4 Å². The second-order valence-electron chi connectivity index (χ2n) is 5.16. The smallest absolute Gasteiger partial charge is 0.150 e. The Kier molecular flexibility index (Phi) is 3.88. The van der Waals surface area contributed by atoms with Gasteiger partial charge in [-0.3, -0.25) is 0 Å². The third-order valence-electron chi connectivity index (χ3n) is 3.68. The lowest BCUT2D eigenvalue weighted by molar-refractivity contribution is 0.171. The molecule has 3 rings (SSSR count). The maximum Gasteiger partial charge on any atom is 0.150 e. The highest BCUT2D eigenvalue weighted by molar-refractivity contribution is 5.58. The Balaban J connectivity index is 1.77. The Morgan fingerprint density at radius 1 is 0.950 bits per heavy atom. The SMILES string of the molecule is O[C@@H]1CCC[C@H]1Nc1ccccc1Oc1ccccc1. The van der Waals surface area contributed by atoms with E-state index in [2.05, 4.69) is 5.32 Å². The molecule has 1 aliphatic rings. The van der Waals surface area contributed by atoms with Gasteiger partial charge in [0.05, 0.1) is 17.8 Å². The van der Waals surface area contributed by atoms with Gasteiger partial charge in [-0.1, -0.05) is 30.3 Å². The molecular weight excluding hydrogens is 250 g/mol. The second kappa shape index (κ2) is 5.97. The Labute approximate surface area is 119 Å². The van der Waals surface area contributed by atoms with Gasteiger partial charge in [0.25, 0.3) is 0 Å². The van der Waals surface area contributed by atoms with Crippen LogP contribution in [0, 0.1) is 0 Å². The van der Waals surface area contributed by atoms with E-state index in [1.807, 2.05) is 54.6 Å². The molecule has 3 heteroatoms. The molecule has 2 aromatic rings. The van der Waals surface area contributed by atoms with Crippen LogP contribution in [0.2, 0.25) is 0 Å². The summed E-state index contributed by atoms with van der Waals surface area (Å²) >= 11 is 0. The molecule has 0 amide bonds. The van der Waals surface area contributed by atoms with Crippen LogP contribution in [0.4, 0.5) is 5.69 Å². The molecule has 0 saturated heterocycles. The lowest BCUT2D eigenvalue weighted by Gasteiger charge is -2.20. The molecule has 20 heavy (non-hydrogen) atoms. The van der Waals surface area contributed by atoms with Gasteiger partial charge in [-0.2, -0.15) is 0 Å². The summed E-state index contributed by atoms with van der Waals surface area (Å²) in [6.45, 7) is 0. The summed E-state index contributed by atoms with van der Waals surface area (Å²) in [6.07, 6.45) is 2.68. The van der Waals surface area contributed by atoms with Crippen molar-refractivity contribution in [1.82, 2.24) is 0 Å². The minimum atomic E-state index is -0.264. The van der Waals surface area contributed by atoms with Gasteiger partial charge in [0, 0.05) is 0 Å². The zero-order chi connectivity index (χ0) is 13.8. The number of aliphatic hydroxyl groups excluding tert-OH is 1. The normalized spacial score (nSPS) is 21.6. The summed E-state index contributed by atoms with van der Waals surface area (Å²) < 4.78 is 5.91. The molecule has 1 saturated carbocycles. The highest BCUT2D eigenvalue weighted by atomic mass is 16.5. The average molecular weight is 269 g/mol. The van der Waals surface area contributed by atoms with Crippen molar-refractivity contribution in [2.75, 3.05) is 5.32 Å². The van der Waals surface area contributed by atoms with E-state index in [1.54, 1.807) is 0 Å². The Hall–Kier alpha value is -2.00. The van der Waals surface area contributed by atoms with Gasteiger partial charge in [0.2, 0.25) is 0 Å². The summed E-state index contributed by atoms with van der Waals surface area (Å²) in [6, 6.07) is 17.7. The molecule has 1 fully saturated rings. The van der Waals surface area contributed by atoms with Crippen molar-refractivity contribution < 1.29 is 9.84 Å². The average Bonchev–Trinajstić information content (AvgIpc) is 2.88. The van der Waals surface area contributed by atoms with E-state index in [1.165, 1.54) is 0 Å². The van der Waals surface area contributed by atoms with Crippen LogP contribution in [0.3, 0.4) is 0 Å². The van der Waals surface area contributed by atoms with E-state index < -0.39 is 0 Å². The van der Waals surface area contributed by atoms with Crippen LogP contribution in [-0.4, -0.2) is 17.3 Å². The first-order chi connectivity index (χ1) is 9.83. The number of hydrogen-bond donors (Lipinski definition) is 2. The van der Waals surface area contributed by atoms with Gasteiger partial charge in [-0.25, -0.2) is 0 Å². The minimum Gasteiger partial charge on any atom is -0.455 e. The number of rotatable bonds is 4. The maximum atomic E-state index is 9.93. The van der Waals surface area contributed by atoms with Crippen LogP contribution in [0.1, 0.15) is 19.3 Å². The van der Waals surface area contributed by atoms with Crippen molar-refractivity contribution >= 4 is 5.69 Å². The van der Waals surface area contributed by atoms with Crippen molar-refractivity contribution in [3.8, 4) is 11.5 Å². The fourth-order valence-electron chi connectivity index (χ4n) is 2.60. The topological polar surface area (TPSA) is 41.5 Å². The number of ether oxygens (including phenoxy) is 1. The zero-order valence-corrected chi connectivity index (χ0v) is 11.3. The Morgan fingerprint density at radius 3 is 2.45 bits per heavy atom. The summed E-state index contributed by atoms with van der Waals surface area (Å²) in [4.78, 5) is 0. The molecule has 1 aliphatic carbocycles. The molecule has 2 N–H and O–H groups in total. The number of anilines is 1. The fraction of sp³-hybridized carbons (Fsp3) is 0.294. The maximum absolute atomic E-state index is 9.93. The molecule has 0 heterocycles. The predicted molar refractivity (Wildman–Crippen MR) is 80.2 cm³/mol. The minimum absolute atomic E-state index is 0.121. The quantitative estimate of drug-likeness (QED) is 0.887. The number of para-hydroxylation sites is 3. The third kappa shape index (κ3) is 2.94. The molecule has 0 spiro atoms. The molecule has 3 nitrogen and oxygen atoms in total. The molecule has 0 unspecified atom stereocenters. The molecule has 0 radical (unpaired) electrons. The molecule has 104 valence electrons. The summed E-state index contributed by atoms with van der Waals surface area (Å²) in [5.41, 5.74) is 0.933. The summed E-state index contributed by atoms with van der Waals surface area (Å²) in [7, 11) is 0. The standard InChI is InChI=1S/C17H19NO2/c19-16-11-6-10-14(16)18-15-9-4-5-12-17(15)20-13-7-2-1-3-8-13/h1-5,7-9,12,14,16,18-19H,6,10-11H2/t14-,16-/m1/s1. The van der Waals surface area contributed by atoms with E-state index >= 15 is 0 Å². The molecule has 0 aliphatic heterocycles. The Morgan fingerprint density at radius 2 is 1.70 bits per heavy atom. The molecular formula is C17H19NO2. The van der Waals surface area contributed by atoms with Crippen molar-refractivity contribution in [2.24, 2.45) is 0 Å². The first-order valence-corrected chi connectivity index (χ1v) is 7.09. The van der Waals surface area contributed by atoms with Crippen LogP contribution in [0.5, 0.6) is 11.5 Å². The molecule has 0 bridgehead atoms. The van der Waals surface area contributed by atoms with Crippen LogP contribution in [0.25, 0.3) is 0 Å². The monoisotopic (exact) mass is 269 g/mol. The van der Waals surface area contributed by atoms with Crippen LogP contribution in [0.15, 0.2) is 54.6 Å². The number of hydrogen-bond acceptors (Lipinski definition) is 3. The molecule has 0 aromatic heterocycles. The second-order valence-corrected chi connectivity index (χ2v) is 5.16. The number of aliphatic hydroxyl groups is 1. The van der Waals surface area contributed by atoms with E-state index in [9.17, 15) is 5.11 Å². The van der Waals surface area contributed by atoms with Gasteiger partial charge in [-0.05, 0) is 43.5 Å².